The van der Waals surface area contributed by atoms with Gasteiger partial charge in [-0.25, -0.2) is 0 Å². The average Bonchev–Trinajstić information content (AvgIpc) is 3.13. The van der Waals surface area contributed by atoms with Gasteiger partial charge in [0, 0.05) is 5.41 Å². The Morgan fingerprint density at radius 2 is 0.491 bits per heavy atom. The van der Waals surface area contributed by atoms with Crippen molar-refractivity contribution in [3.05, 3.63) is 179 Å². The van der Waals surface area contributed by atoms with Gasteiger partial charge < -0.3 is 27.1 Å². The molecule has 0 unspecified atom stereocenters. The number of aryl methyl sites for hydroxylation is 4. The molecule has 0 aliphatic rings. The molecule has 0 heterocycles. The first-order chi connectivity index (χ1) is 25.3. The topological polar surface area (TPSA) is 89.5 Å². The highest BCUT2D eigenvalue weighted by atomic mass is 31.2. The number of rotatable bonds is 14. The largest absolute Gasteiger partial charge is 0.647 e. The maximum atomic E-state index is 14.0. The second-order valence-corrected chi connectivity index (χ2v) is 16.3. The molecule has 272 valence electrons. The molecule has 0 aliphatic heterocycles. The molecule has 0 spiro atoms. The van der Waals surface area contributed by atoms with Gasteiger partial charge in [0.1, 0.15) is 34.5 Å². The van der Waals surface area contributed by atoms with E-state index in [9.17, 15) is 9.13 Å². The Morgan fingerprint density at radius 3 is 0.679 bits per heavy atom. The van der Waals surface area contributed by atoms with E-state index in [1.54, 1.807) is 72.8 Å². The molecule has 10 heteroatoms. The number of phosphoric acid groups is 2. The van der Waals surface area contributed by atoms with Crippen LogP contribution in [0.15, 0.2) is 146 Å². The van der Waals surface area contributed by atoms with E-state index < -0.39 is 21.1 Å². The first-order valence-electron chi connectivity index (χ1n) is 17.1. The van der Waals surface area contributed by atoms with Crippen LogP contribution in [0.4, 0.5) is 0 Å². The van der Waals surface area contributed by atoms with Gasteiger partial charge in [0.15, 0.2) is 0 Å². The highest BCUT2D eigenvalue weighted by Gasteiger charge is 2.35. The lowest BCUT2D eigenvalue weighted by atomic mass is 9.78. The lowest BCUT2D eigenvalue weighted by molar-refractivity contribution is 0.296. The molecular weight excluding hydrogens is 706 g/mol. The minimum Gasteiger partial charge on any atom is -0.386 e. The van der Waals surface area contributed by atoms with Gasteiger partial charge >= 0.3 is 15.6 Å². The predicted octanol–water partition coefficient (Wildman–Crippen LogP) is 12.5. The Labute approximate surface area is 311 Å². The predicted molar refractivity (Wildman–Crippen MR) is 209 cm³/mol. The van der Waals surface area contributed by atoms with Crippen molar-refractivity contribution in [3.63, 3.8) is 0 Å². The van der Waals surface area contributed by atoms with Crippen molar-refractivity contribution in [2.45, 2.75) is 47.0 Å². The van der Waals surface area contributed by atoms with E-state index in [0.29, 0.717) is 34.5 Å². The van der Waals surface area contributed by atoms with Gasteiger partial charge in [-0.05, 0) is 112 Å². The van der Waals surface area contributed by atoms with Crippen LogP contribution in [0.5, 0.6) is 34.5 Å². The molecule has 0 amide bonds. The number of hydrogen-bond donors (Lipinski definition) is 0. The summed E-state index contributed by atoms with van der Waals surface area (Å²) >= 11 is 0. The molecule has 0 N–H and O–H groups in total. The average molecular weight is 749 g/mol. The molecule has 0 aliphatic carbocycles. The van der Waals surface area contributed by atoms with E-state index in [4.69, 9.17) is 27.1 Å². The summed E-state index contributed by atoms with van der Waals surface area (Å²) in [5.41, 5.74) is 5.59. The standard InChI is InChI=1S/C43H42O8P2/c1-31-7-19-37(20-8-31)46-52(44,47-38-21-9-32(2)10-22-38)50-41-27-15-35(16-28-41)43(5,6)36-17-29-42(30-18-36)51-53(45,48-39-23-11-33(3)12-24-39)49-40-25-13-34(4)14-26-40/h7-30H,1-6H3. The van der Waals surface area contributed by atoms with E-state index in [1.165, 1.54) is 0 Å². The molecule has 8 nitrogen and oxygen atoms in total. The van der Waals surface area contributed by atoms with Gasteiger partial charge in [0.25, 0.3) is 0 Å². The van der Waals surface area contributed by atoms with Crippen LogP contribution in [0.2, 0.25) is 0 Å². The molecule has 0 aromatic heterocycles. The lowest BCUT2D eigenvalue weighted by Gasteiger charge is -2.27. The van der Waals surface area contributed by atoms with Crippen molar-refractivity contribution in [2.75, 3.05) is 0 Å². The fourth-order valence-electron chi connectivity index (χ4n) is 5.31. The molecule has 0 atom stereocenters. The van der Waals surface area contributed by atoms with E-state index in [-0.39, 0.29) is 0 Å². The fourth-order valence-corrected chi connectivity index (χ4v) is 7.82. The highest BCUT2D eigenvalue weighted by Crippen LogP contribution is 2.51. The van der Waals surface area contributed by atoms with Crippen molar-refractivity contribution < 1.29 is 36.3 Å². The van der Waals surface area contributed by atoms with Gasteiger partial charge in [-0.2, -0.15) is 9.13 Å². The van der Waals surface area contributed by atoms with Crippen LogP contribution in [-0.2, 0) is 14.5 Å². The monoisotopic (exact) mass is 748 g/mol. The Kier molecular flexibility index (Phi) is 11.0. The first kappa shape index (κ1) is 37.3. The Hall–Kier alpha value is -5.42. The van der Waals surface area contributed by atoms with Crippen LogP contribution in [0.1, 0.15) is 47.2 Å². The third-order valence-electron chi connectivity index (χ3n) is 8.54. The second kappa shape index (κ2) is 15.7. The highest BCUT2D eigenvalue weighted by molar-refractivity contribution is 7.50. The zero-order valence-electron chi connectivity index (χ0n) is 30.5. The van der Waals surface area contributed by atoms with Crippen LogP contribution >= 0.6 is 15.6 Å². The summed E-state index contributed by atoms with van der Waals surface area (Å²) in [5.74, 6) is 2.06. The Morgan fingerprint density at radius 1 is 0.321 bits per heavy atom. The second-order valence-electron chi connectivity index (χ2n) is 13.4. The summed E-state index contributed by atoms with van der Waals surface area (Å²) in [5, 5.41) is 0. The molecule has 0 radical (unpaired) electrons. The maximum absolute atomic E-state index is 14.0. The molecule has 0 saturated heterocycles. The molecule has 6 aromatic rings. The summed E-state index contributed by atoms with van der Waals surface area (Å²) in [7, 11) is -8.32. The van der Waals surface area contributed by atoms with E-state index in [1.807, 2.05) is 100 Å². The van der Waals surface area contributed by atoms with Crippen LogP contribution < -0.4 is 27.1 Å². The van der Waals surface area contributed by atoms with Crippen molar-refractivity contribution in [1.29, 1.82) is 0 Å². The first-order valence-corrected chi connectivity index (χ1v) is 20.0. The molecular formula is C43H42O8P2. The van der Waals surface area contributed by atoms with Crippen LogP contribution in [0.25, 0.3) is 0 Å². The quantitative estimate of drug-likeness (QED) is 0.102. The number of benzene rings is 6. The maximum Gasteiger partial charge on any atom is 0.647 e. The minimum atomic E-state index is -4.16. The SMILES string of the molecule is Cc1ccc(OP(=O)(Oc2ccc(C)cc2)Oc2ccc(C(C)(C)c3ccc(OP(=O)(Oc4ccc(C)cc4)Oc4ccc(C)cc4)cc3)cc2)cc1. The molecule has 53 heavy (non-hydrogen) atoms. The van der Waals surface area contributed by atoms with Gasteiger partial charge in [-0.3, -0.25) is 0 Å². The summed E-state index contributed by atoms with van der Waals surface area (Å²) in [6.45, 7) is 12.0. The Bertz CT molecular complexity index is 1950. The smallest absolute Gasteiger partial charge is 0.386 e. The van der Waals surface area contributed by atoms with Gasteiger partial charge in [0.05, 0.1) is 0 Å². The van der Waals surface area contributed by atoms with E-state index >= 15 is 0 Å². The van der Waals surface area contributed by atoms with Crippen LogP contribution in [0.3, 0.4) is 0 Å². The normalized spacial score (nSPS) is 11.7. The summed E-state index contributed by atoms with van der Waals surface area (Å²) in [6.07, 6.45) is 0. The molecule has 0 saturated carbocycles. The van der Waals surface area contributed by atoms with Crippen molar-refractivity contribution in [2.24, 2.45) is 0 Å². The minimum absolute atomic E-state index is 0.314. The zero-order valence-corrected chi connectivity index (χ0v) is 32.3. The van der Waals surface area contributed by atoms with Crippen LogP contribution in [0, 0.1) is 27.7 Å². The van der Waals surface area contributed by atoms with E-state index in [2.05, 4.69) is 13.8 Å². The van der Waals surface area contributed by atoms with E-state index in [0.717, 1.165) is 33.4 Å². The van der Waals surface area contributed by atoms with Gasteiger partial charge in [0.2, 0.25) is 0 Å². The van der Waals surface area contributed by atoms with Crippen LogP contribution in [-0.4, -0.2) is 0 Å². The number of hydrogen-bond acceptors (Lipinski definition) is 8. The fraction of sp³-hybridized carbons (Fsp3) is 0.163. The summed E-state index contributed by atoms with van der Waals surface area (Å²) in [4.78, 5) is 0. The molecule has 6 aromatic carbocycles. The third-order valence-corrected chi connectivity index (χ3v) is 11.1. The lowest BCUT2D eigenvalue weighted by Crippen LogP contribution is -2.18. The van der Waals surface area contributed by atoms with Crippen molar-refractivity contribution in [3.8, 4) is 34.5 Å². The van der Waals surface area contributed by atoms with Gasteiger partial charge in [-0.15, -0.1) is 0 Å². The zero-order chi connectivity index (χ0) is 37.6. The van der Waals surface area contributed by atoms with Crippen molar-refractivity contribution in [1.82, 2.24) is 0 Å². The molecule has 6 rings (SSSR count). The van der Waals surface area contributed by atoms with Crippen molar-refractivity contribution >= 4 is 15.6 Å². The Balaban J connectivity index is 1.19. The molecule has 0 bridgehead atoms. The molecule has 0 fully saturated rings. The summed E-state index contributed by atoms with van der Waals surface area (Å²) in [6, 6.07) is 43.2. The van der Waals surface area contributed by atoms with Gasteiger partial charge in [-0.1, -0.05) is 109 Å². The third kappa shape index (κ3) is 9.92. The number of phosphoric ester groups is 2. The summed E-state index contributed by atoms with van der Waals surface area (Å²) < 4.78 is 63.4.